The summed E-state index contributed by atoms with van der Waals surface area (Å²) < 4.78 is 15.8. The first-order valence-corrected chi connectivity index (χ1v) is 11.2. The predicted octanol–water partition coefficient (Wildman–Crippen LogP) is 5.35. The number of esters is 1. The van der Waals surface area contributed by atoms with Gasteiger partial charge in [-0.2, -0.15) is 0 Å². The van der Waals surface area contributed by atoms with Crippen molar-refractivity contribution in [1.29, 1.82) is 0 Å². The van der Waals surface area contributed by atoms with Gasteiger partial charge < -0.3 is 19.2 Å². The summed E-state index contributed by atoms with van der Waals surface area (Å²) in [6, 6.07) is 15.6. The number of methoxy groups -OCH3 is 1. The monoisotopic (exact) mass is 463 g/mol. The Kier molecular flexibility index (Phi) is 6.55. The van der Waals surface area contributed by atoms with Crippen molar-refractivity contribution in [2.24, 2.45) is 0 Å². The number of carbonyl (C=O) groups is 2. The third kappa shape index (κ3) is 4.65. The lowest BCUT2D eigenvalue weighted by atomic mass is 10.0. The number of hydrogen-bond donors (Lipinski definition) is 1. The van der Waals surface area contributed by atoms with Crippen molar-refractivity contribution in [3.8, 4) is 16.9 Å². The van der Waals surface area contributed by atoms with E-state index in [4.69, 9.17) is 13.9 Å². The second-order valence-corrected chi connectivity index (χ2v) is 8.04. The van der Waals surface area contributed by atoms with Crippen LogP contribution in [0.4, 0.5) is 5.00 Å². The second-order valence-electron chi connectivity index (χ2n) is 7.16. The number of carbonyl (C=O) groups excluding carboxylic acids is 2. The molecule has 2 aromatic heterocycles. The van der Waals surface area contributed by atoms with E-state index in [1.165, 1.54) is 17.4 Å². The molecule has 2 heterocycles. The third-order valence-electron chi connectivity index (χ3n) is 4.95. The molecule has 0 fully saturated rings. The molecule has 0 saturated carbocycles. The zero-order valence-electron chi connectivity index (χ0n) is 18.0. The number of rotatable bonds is 7. The topological polar surface area (TPSA) is 94.8 Å². The van der Waals surface area contributed by atoms with Gasteiger partial charge in [0.2, 0.25) is 0 Å². The number of benzene rings is 2. The highest BCUT2D eigenvalue weighted by Crippen LogP contribution is 2.37. The van der Waals surface area contributed by atoms with Crippen LogP contribution in [-0.2, 0) is 4.74 Å². The van der Waals surface area contributed by atoms with Crippen molar-refractivity contribution in [3.63, 3.8) is 0 Å². The Bertz CT molecular complexity index is 1370. The molecule has 33 heavy (non-hydrogen) atoms. The minimum absolute atomic E-state index is 0.152. The largest absolute Gasteiger partial charge is 0.497 e. The number of hydrogen-bond acceptors (Lipinski definition) is 7. The van der Waals surface area contributed by atoms with E-state index < -0.39 is 17.5 Å². The molecule has 0 unspecified atom stereocenters. The SMILES string of the molecule is CCCOC(=O)c1c(-c2ccc(OC)cc2)csc1NC(=O)c1cc2ccccc2oc1=O. The lowest BCUT2D eigenvalue weighted by Gasteiger charge is -2.10. The quantitative estimate of drug-likeness (QED) is 0.293. The Morgan fingerprint density at radius 1 is 1.09 bits per heavy atom. The van der Waals surface area contributed by atoms with Crippen LogP contribution in [0, 0.1) is 0 Å². The molecule has 2 aromatic carbocycles. The first-order chi connectivity index (χ1) is 16.0. The van der Waals surface area contributed by atoms with Gasteiger partial charge in [0.05, 0.1) is 13.7 Å². The van der Waals surface area contributed by atoms with Crippen LogP contribution in [0.5, 0.6) is 5.75 Å². The molecule has 0 aliphatic rings. The number of fused-ring (bicyclic) bond motifs is 1. The van der Waals surface area contributed by atoms with Gasteiger partial charge in [0, 0.05) is 16.3 Å². The van der Waals surface area contributed by atoms with Crippen molar-refractivity contribution in [1.82, 2.24) is 0 Å². The van der Waals surface area contributed by atoms with Gasteiger partial charge in [-0.15, -0.1) is 11.3 Å². The first-order valence-electron chi connectivity index (χ1n) is 10.3. The van der Waals surface area contributed by atoms with E-state index in [0.717, 1.165) is 5.56 Å². The Morgan fingerprint density at radius 2 is 1.85 bits per heavy atom. The molecule has 4 aromatic rings. The second kappa shape index (κ2) is 9.70. The smallest absolute Gasteiger partial charge is 0.349 e. The summed E-state index contributed by atoms with van der Waals surface area (Å²) in [4.78, 5) is 38.2. The van der Waals surface area contributed by atoms with Crippen LogP contribution >= 0.6 is 11.3 Å². The predicted molar refractivity (Wildman–Crippen MR) is 127 cm³/mol. The standard InChI is InChI=1S/C25H21NO6S/c1-3-12-31-25(29)21-19(15-8-10-17(30-2)11-9-15)14-33-23(21)26-22(27)18-13-16-6-4-5-7-20(16)32-24(18)28/h4-11,13-14H,3,12H2,1-2H3,(H,26,27). The van der Waals surface area contributed by atoms with Gasteiger partial charge in [0.1, 0.15) is 27.5 Å². The number of ether oxygens (including phenoxy) is 2. The Labute approximate surface area is 193 Å². The van der Waals surface area contributed by atoms with Crippen molar-refractivity contribution >= 4 is 39.2 Å². The summed E-state index contributed by atoms with van der Waals surface area (Å²) in [5, 5.41) is 5.37. The van der Waals surface area contributed by atoms with Gasteiger partial charge in [-0.1, -0.05) is 37.3 Å². The average Bonchev–Trinajstić information content (AvgIpc) is 3.25. The van der Waals surface area contributed by atoms with Crippen LogP contribution in [0.25, 0.3) is 22.1 Å². The van der Waals surface area contributed by atoms with E-state index in [9.17, 15) is 14.4 Å². The summed E-state index contributed by atoms with van der Waals surface area (Å²) in [7, 11) is 1.57. The van der Waals surface area contributed by atoms with E-state index in [0.29, 0.717) is 33.7 Å². The fourth-order valence-corrected chi connectivity index (χ4v) is 4.25. The van der Waals surface area contributed by atoms with E-state index in [2.05, 4.69) is 5.32 Å². The van der Waals surface area contributed by atoms with Crippen molar-refractivity contribution in [3.05, 3.63) is 81.5 Å². The summed E-state index contributed by atoms with van der Waals surface area (Å²) in [6.07, 6.45) is 0.660. The van der Waals surface area contributed by atoms with Crippen LogP contribution in [0.2, 0.25) is 0 Å². The molecule has 0 atom stereocenters. The molecule has 0 bridgehead atoms. The summed E-state index contributed by atoms with van der Waals surface area (Å²) >= 11 is 1.18. The highest BCUT2D eigenvalue weighted by Gasteiger charge is 2.24. The highest BCUT2D eigenvalue weighted by atomic mass is 32.1. The fourth-order valence-electron chi connectivity index (χ4n) is 3.29. The zero-order chi connectivity index (χ0) is 23.4. The van der Waals surface area contributed by atoms with Gasteiger partial charge in [-0.05, 0) is 36.2 Å². The maximum absolute atomic E-state index is 13.0. The zero-order valence-corrected chi connectivity index (χ0v) is 18.9. The molecule has 0 spiro atoms. The van der Waals surface area contributed by atoms with Gasteiger partial charge in [0.15, 0.2) is 0 Å². The van der Waals surface area contributed by atoms with Crippen LogP contribution in [0.1, 0.15) is 34.1 Å². The van der Waals surface area contributed by atoms with E-state index >= 15 is 0 Å². The molecule has 0 aliphatic heterocycles. The summed E-state index contributed by atoms with van der Waals surface area (Å²) in [5.74, 6) is -0.535. The molecule has 8 heteroatoms. The number of anilines is 1. The number of nitrogens with one attached hydrogen (secondary N) is 1. The van der Waals surface area contributed by atoms with Crippen molar-refractivity contribution < 1.29 is 23.5 Å². The fraction of sp³-hybridized carbons (Fsp3) is 0.160. The maximum Gasteiger partial charge on any atom is 0.349 e. The Hall–Kier alpha value is -3.91. The highest BCUT2D eigenvalue weighted by molar-refractivity contribution is 7.15. The van der Waals surface area contributed by atoms with Gasteiger partial charge >= 0.3 is 11.6 Å². The first kappa shape index (κ1) is 22.3. The van der Waals surface area contributed by atoms with Gasteiger partial charge in [0.25, 0.3) is 5.91 Å². The van der Waals surface area contributed by atoms with E-state index in [1.807, 2.05) is 19.1 Å². The molecule has 1 N–H and O–H groups in total. The summed E-state index contributed by atoms with van der Waals surface area (Å²) in [5.41, 5.74) is 1.10. The lowest BCUT2D eigenvalue weighted by molar-refractivity contribution is 0.0507. The molecule has 0 radical (unpaired) electrons. The van der Waals surface area contributed by atoms with Crippen molar-refractivity contribution in [2.45, 2.75) is 13.3 Å². The molecule has 4 rings (SSSR count). The summed E-state index contributed by atoms with van der Waals surface area (Å²) in [6.45, 7) is 2.14. The minimum Gasteiger partial charge on any atom is -0.497 e. The van der Waals surface area contributed by atoms with Gasteiger partial charge in [-0.25, -0.2) is 9.59 Å². The maximum atomic E-state index is 13.0. The molecular weight excluding hydrogens is 442 g/mol. The van der Waals surface area contributed by atoms with Crippen LogP contribution in [0.15, 0.2) is 69.2 Å². The normalized spacial score (nSPS) is 10.7. The van der Waals surface area contributed by atoms with Crippen LogP contribution < -0.4 is 15.7 Å². The Morgan fingerprint density at radius 3 is 2.58 bits per heavy atom. The number of thiophene rings is 1. The third-order valence-corrected chi connectivity index (χ3v) is 5.84. The molecule has 0 aliphatic carbocycles. The number of amides is 1. The lowest BCUT2D eigenvalue weighted by Crippen LogP contribution is -2.21. The minimum atomic E-state index is -0.756. The Balaban J connectivity index is 1.71. The molecule has 0 saturated heterocycles. The number of para-hydroxylation sites is 1. The van der Waals surface area contributed by atoms with Crippen LogP contribution in [0.3, 0.4) is 0 Å². The van der Waals surface area contributed by atoms with Gasteiger partial charge in [-0.3, -0.25) is 4.79 Å². The molecular formula is C25H21NO6S. The van der Waals surface area contributed by atoms with E-state index in [1.54, 1.807) is 48.9 Å². The van der Waals surface area contributed by atoms with E-state index in [-0.39, 0.29) is 17.7 Å². The molecule has 7 nitrogen and oxygen atoms in total. The average molecular weight is 464 g/mol. The molecule has 168 valence electrons. The van der Waals surface area contributed by atoms with Crippen LogP contribution in [-0.4, -0.2) is 25.6 Å². The van der Waals surface area contributed by atoms with Crippen molar-refractivity contribution in [2.75, 3.05) is 19.0 Å². The molecule has 1 amide bonds.